The Kier molecular flexibility index (Phi) is 4.64. The molecule has 6 heteroatoms. The van der Waals surface area contributed by atoms with E-state index >= 15 is 0 Å². The Labute approximate surface area is 140 Å². The molecule has 0 bridgehead atoms. The van der Waals surface area contributed by atoms with E-state index in [4.69, 9.17) is 0 Å². The Morgan fingerprint density at radius 2 is 2.08 bits per heavy atom. The fourth-order valence-electron chi connectivity index (χ4n) is 3.25. The van der Waals surface area contributed by atoms with Crippen LogP contribution in [0.25, 0.3) is 0 Å². The van der Waals surface area contributed by atoms with Crippen molar-refractivity contribution in [3.05, 3.63) is 53.6 Å². The molecule has 6 nitrogen and oxygen atoms in total. The third kappa shape index (κ3) is 3.04. The second-order valence-electron chi connectivity index (χ2n) is 5.95. The third-order valence-electron chi connectivity index (χ3n) is 4.47. The molecule has 0 radical (unpaired) electrons. The number of benzene rings is 1. The van der Waals surface area contributed by atoms with Gasteiger partial charge in [-0.2, -0.15) is 0 Å². The van der Waals surface area contributed by atoms with Gasteiger partial charge >= 0.3 is 5.97 Å². The number of hydrogen-bond donors (Lipinski definition) is 1. The molecule has 1 aromatic heterocycles. The van der Waals surface area contributed by atoms with Gasteiger partial charge in [-0.1, -0.05) is 30.3 Å². The van der Waals surface area contributed by atoms with Crippen LogP contribution in [0.2, 0.25) is 0 Å². The average molecular weight is 327 g/mol. The lowest BCUT2D eigenvalue weighted by Gasteiger charge is -2.28. The van der Waals surface area contributed by atoms with E-state index in [1.165, 1.54) is 4.90 Å². The fourth-order valence-corrected chi connectivity index (χ4v) is 3.25. The Morgan fingerprint density at radius 3 is 2.75 bits per heavy atom. The lowest BCUT2D eigenvalue weighted by Crippen LogP contribution is -2.46. The maximum atomic E-state index is 12.9. The second-order valence-corrected chi connectivity index (χ2v) is 5.95. The van der Waals surface area contributed by atoms with E-state index in [9.17, 15) is 14.7 Å². The lowest BCUT2D eigenvalue weighted by atomic mass is 10.0. The third-order valence-corrected chi connectivity index (χ3v) is 4.47. The average Bonchev–Trinajstić information content (AvgIpc) is 3.18. The molecule has 2 heterocycles. The largest absolute Gasteiger partial charge is 0.480 e. The van der Waals surface area contributed by atoms with Gasteiger partial charge in [0.05, 0.1) is 6.20 Å². The molecule has 1 aliphatic rings. The smallest absolute Gasteiger partial charge is 0.326 e. The number of carbonyl (C=O) groups is 2. The minimum Gasteiger partial charge on any atom is -0.480 e. The second kappa shape index (κ2) is 6.86. The SMILES string of the molecule is CCN(C(=O)c1cnc2n1CCC2)C(Cc1ccccc1)C(=O)O. The number of amides is 1. The number of fused-ring (bicyclic) bond motifs is 1. The number of hydrogen-bond acceptors (Lipinski definition) is 3. The van der Waals surface area contributed by atoms with Crippen molar-refractivity contribution in [2.45, 2.75) is 38.8 Å². The van der Waals surface area contributed by atoms with Crippen LogP contribution in [0.3, 0.4) is 0 Å². The van der Waals surface area contributed by atoms with Crippen molar-refractivity contribution in [3.63, 3.8) is 0 Å². The van der Waals surface area contributed by atoms with Gasteiger partial charge in [0.1, 0.15) is 17.6 Å². The van der Waals surface area contributed by atoms with Crippen LogP contribution in [-0.2, 0) is 24.2 Å². The maximum Gasteiger partial charge on any atom is 0.326 e. The summed E-state index contributed by atoms with van der Waals surface area (Å²) in [4.78, 5) is 30.4. The van der Waals surface area contributed by atoms with Crippen molar-refractivity contribution in [1.29, 1.82) is 0 Å². The summed E-state index contributed by atoms with van der Waals surface area (Å²) in [5.41, 5.74) is 1.39. The number of aryl methyl sites for hydroxylation is 1. The van der Waals surface area contributed by atoms with Gasteiger partial charge in [-0.05, 0) is 18.9 Å². The number of aromatic nitrogens is 2. The quantitative estimate of drug-likeness (QED) is 0.880. The number of likely N-dealkylation sites (N-methyl/N-ethyl adjacent to an activating group) is 1. The zero-order valence-electron chi connectivity index (χ0n) is 13.7. The number of carbonyl (C=O) groups excluding carboxylic acids is 1. The molecule has 1 aromatic carbocycles. The van der Waals surface area contributed by atoms with Gasteiger partial charge in [0.25, 0.3) is 5.91 Å². The predicted molar refractivity (Wildman–Crippen MR) is 88.8 cm³/mol. The zero-order valence-corrected chi connectivity index (χ0v) is 13.7. The number of nitrogens with zero attached hydrogens (tertiary/aromatic N) is 3. The highest BCUT2D eigenvalue weighted by Crippen LogP contribution is 2.19. The molecule has 1 aliphatic heterocycles. The van der Waals surface area contributed by atoms with E-state index < -0.39 is 12.0 Å². The molecule has 0 fully saturated rings. The summed E-state index contributed by atoms with van der Waals surface area (Å²) in [5, 5.41) is 9.66. The number of rotatable bonds is 6. The molecule has 126 valence electrons. The summed E-state index contributed by atoms with van der Waals surface area (Å²) in [6, 6.07) is 8.50. The van der Waals surface area contributed by atoms with Gasteiger partial charge in [0, 0.05) is 25.9 Å². The maximum absolute atomic E-state index is 12.9. The van der Waals surface area contributed by atoms with Gasteiger partial charge in [-0.25, -0.2) is 9.78 Å². The van der Waals surface area contributed by atoms with E-state index in [1.807, 2.05) is 34.9 Å². The summed E-state index contributed by atoms with van der Waals surface area (Å²) in [5.74, 6) is -0.346. The van der Waals surface area contributed by atoms with Crippen LogP contribution in [0.5, 0.6) is 0 Å². The van der Waals surface area contributed by atoms with Crippen molar-refractivity contribution in [1.82, 2.24) is 14.5 Å². The Bertz CT molecular complexity index is 739. The highest BCUT2D eigenvalue weighted by atomic mass is 16.4. The zero-order chi connectivity index (χ0) is 17.1. The van der Waals surface area contributed by atoms with E-state index in [0.717, 1.165) is 30.8 Å². The summed E-state index contributed by atoms with van der Waals surface area (Å²) in [6.07, 6.45) is 3.70. The van der Waals surface area contributed by atoms with Crippen molar-refractivity contribution in [2.75, 3.05) is 6.54 Å². The molecule has 24 heavy (non-hydrogen) atoms. The summed E-state index contributed by atoms with van der Waals surface area (Å²) < 4.78 is 1.91. The number of carboxylic acids is 1. The molecule has 1 atom stereocenters. The molecule has 1 N–H and O–H groups in total. The van der Waals surface area contributed by atoms with E-state index in [0.29, 0.717) is 12.2 Å². The standard InChI is InChI=1S/C18H21N3O3/c1-2-20(14(18(23)24)11-13-7-4-3-5-8-13)17(22)15-12-19-16-9-6-10-21(15)16/h3-5,7-8,12,14H,2,6,9-11H2,1H3,(H,23,24). The number of imidazole rings is 1. The molecule has 3 rings (SSSR count). The van der Waals surface area contributed by atoms with Gasteiger partial charge in [-0.15, -0.1) is 0 Å². The molecule has 1 unspecified atom stereocenters. The van der Waals surface area contributed by atoms with Crippen LogP contribution in [-0.4, -0.2) is 44.0 Å². The molecule has 0 saturated carbocycles. The lowest BCUT2D eigenvalue weighted by molar-refractivity contribution is -0.142. The van der Waals surface area contributed by atoms with Crippen molar-refractivity contribution in [3.8, 4) is 0 Å². The Hall–Kier alpha value is -2.63. The first-order valence-corrected chi connectivity index (χ1v) is 8.24. The Balaban J connectivity index is 1.86. The molecule has 0 saturated heterocycles. The van der Waals surface area contributed by atoms with Crippen LogP contribution >= 0.6 is 0 Å². The molecule has 0 aliphatic carbocycles. The monoisotopic (exact) mass is 327 g/mol. The van der Waals surface area contributed by atoms with Crippen LogP contribution in [0.4, 0.5) is 0 Å². The van der Waals surface area contributed by atoms with Crippen LogP contribution in [0, 0.1) is 0 Å². The number of aliphatic carboxylic acids is 1. The van der Waals surface area contributed by atoms with Crippen LogP contribution in [0.1, 0.15) is 35.2 Å². The first-order chi connectivity index (χ1) is 11.6. The van der Waals surface area contributed by atoms with Crippen molar-refractivity contribution >= 4 is 11.9 Å². The number of carboxylic acid groups (broad SMARTS) is 1. The molecule has 2 aromatic rings. The van der Waals surface area contributed by atoms with Crippen molar-refractivity contribution in [2.24, 2.45) is 0 Å². The predicted octanol–water partition coefficient (Wildman–Crippen LogP) is 1.99. The Morgan fingerprint density at radius 1 is 1.33 bits per heavy atom. The first kappa shape index (κ1) is 16.2. The highest BCUT2D eigenvalue weighted by Gasteiger charge is 2.32. The molecular weight excluding hydrogens is 306 g/mol. The minimum atomic E-state index is -0.991. The van der Waals surface area contributed by atoms with E-state index in [1.54, 1.807) is 13.1 Å². The minimum absolute atomic E-state index is 0.263. The highest BCUT2D eigenvalue weighted by molar-refractivity contribution is 5.95. The van der Waals surface area contributed by atoms with Gasteiger partial charge in [-0.3, -0.25) is 4.79 Å². The summed E-state index contributed by atoms with van der Waals surface area (Å²) >= 11 is 0. The molecular formula is C18H21N3O3. The summed E-state index contributed by atoms with van der Waals surface area (Å²) in [7, 11) is 0. The normalized spacial score (nSPS) is 14.2. The summed E-state index contributed by atoms with van der Waals surface area (Å²) in [6.45, 7) is 2.91. The van der Waals surface area contributed by atoms with Crippen LogP contribution < -0.4 is 0 Å². The van der Waals surface area contributed by atoms with Gasteiger partial charge in [0.2, 0.25) is 0 Å². The fraction of sp³-hybridized carbons (Fsp3) is 0.389. The van der Waals surface area contributed by atoms with E-state index in [-0.39, 0.29) is 12.3 Å². The van der Waals surface area contributed by atoms with Gasteiger partial charge < -0.3 is 14.6 Å². The van der Waals surface area contributed by atoms with Crippen molar-refractivity contribution < 1.29 is 14.7 Å². The van der Waals surface area contributed by atoms with Gasteiger partial charge in [0.15, 0.2) is 0 Å². The van der Waals surface area contributed by atoms with E-state index in [2.05, 4.69) is 4.98 Å². The molecule has 1 amide bonds. The molecule has 0 spiro atoms. The first-order valence-electron chi connectivity index (χ1n) is 8.24. The topological polar surface area (TPSA) is 75.4 Å². The van der Waals surface area contributed by atoms with Crippen LogP contribution in [0.15, 0.2) is 36.5 Å².